The van der Waals surface area contributed by atoms with Gasteiger partial charge in [-0.15, -0.1) is 0 Å². The monoisotopic (exact) mass is 212 g/mol. The highest BCUT2D eigenvalue weighted by Crippen LogP contribution is 2.26. The van der Waals surface area contributed by atoms with E-state index in [1.54, 1.807) is 0 Å². The van der Waals surface area contributed by atoms with Gasteiger partial charge in [0, 0.05) is 6.54 Å². The molecule has 0 aromatic carbocycles. The molecule has 88 valence electrons. The largest absolute Gasteiger partial charge is 0.368 e. The minimum Gasteiger partial charge on any atom is -0.368 e. The molecule has 1 fully saturated rings. The minimum atomic E-state index is -0.161. The van der Waals surface area contributed by atoms with E-state index >= 15 is 0 Å². The van der Waals surface area contributed by atoms with Crippen molar-refractivity contribution in [2.45, 2.75) is 46.6 Å². The van der Waals surface area contributed by atoms with Gasteiger partial charge < -0.3 is 5.73 Å². The van der Waals surface area contributed by atoms with Gasteiger partial charge in [0.15, 0.2) is 0 Å². The van der Waals surface area contributed by atoms with Crippen LogP contribution in [0, 0.1) is 11.3 Å². The van der Waals surface area contributed by atoms with Crippen LogP contribution in [0.3, 0.4) is 0 Å². The Morgan fingerprint density at radius 3 is 2.53 bits per heavy atom. The zero-order valence-electron chi connectivity index (χ0n) is 10.4. The summed E-state index contributed by atoms with van der Waals surface area (Å²) < 4.78 is 0. The first-order valence-electron chi connectivity index (χ1n) is 5.84. The summed E-state index contributed by atoms with van der Waals surface area (Å²) in [4.78, 5) is 13.7. The lowest BCUT2D eigenvalue weighted by molar-refractivity contribution is -0.127. The average molecular weight is 212 g/mol. The molecular formula is C12H24N2O. The lowest BCUT2D eigenvalue weighted by Crippen LogP contribution is -2.53. The molecule has 1 saturated heterocycles. The molecule has 1 rings (SSSR count). The summed E-state index contributed by atoms with van der Waals surface area (Å²) in [6, 6.07) is -0.0574. The van der Waals surface area contributed by atoms with Gasteiger partial charge in [0.25, 0.3) is 0 Å². The first-order chi connectivity index (χ1) is 6.81. The Balaban J connectivity index is 2.71. The maximum atomic E-state index is 11.4. The molecule has 3 nitrogen and oxygen atoms in total. The van der Waals surface area contributed by atoms with Crippen molar-refractivity contribution in [2.75, 3.05) is 13.1 Å². The second kappa shape index (κ2) is 4.52. The molecule has 1 amide bonds. The number of hydrogen-bond acceptors (Lipinski definition) is 2. The Bertz CT molecular complexity index is 232. The Labute approximate surface area is 93.0 Å². The van der Waals surface area contributed by atoms with E-state index in [4.69, 9.17) is 5.73 Å². The summed E-state index contributed by atoms with van der Waals surface area (Å²) in [5.41, 5.74) is 5.71. The number of amides is 1. The van der Waals surface area contributed by atoms with Crippen LogP contribution < -0.4 is 5.73 Å². The third-order valence-corrected chi connectivity index (χ3v) is 3.01. The summed E-state index contributed by atoms with van der Waals surface area (Å²) >= 11 is 0. The predicted octanol–water partition coefficient (Wildman–Crippen LogP) is 1.62. The smallest absolute Gasteiger partial charge is 0.235 e. The van der Waals surface area contributed by atoms with Gasteiger partial charge in [0.2, 0.25) is 5.91 Å². The first-order valence-corrected chi connectivity index (χ1v) is 5.84. The number of rotatable bonds is 2. The molecule has 15 heavy (non-hydrogen) atoms. The van der Waals surface area contributed by atoms with Gasteiger partial charge in [-0.05, 0) is 30.7 Å². The van der Waals surface area contributed by atoms with Crippen LogP contribution in [0.4, 0.5) is 0 Å². The molecule has 2 N–H and O–H groups in total. The Morgan fingerprint density at radius 1 is 1.47 bits per heavy atom. The maximum absolute atomic E-state index is 11.4. The van der Waals surface area contributed by atoms with Gasteiger partial charge in [0.05, 0.1) is 6.04 Å². The van der Waals surface area contributed by atoms with Crippen molar-refractivity contribution in [1.29, 1.82) is 0 Å². The van der Waals surface area contributed by atoms with Crippen LogP contribution in [0.15, 0.2) is 0 Å². The Hall–Kier alpha value is -0.570. The van der Waals surface area contributed by atoms with E-state index < -0.39 is 0 Å². The molecular weight excluding hydrogens is 188 g/mol. The van der Waals surface area contributed by atoms with Gasteiger partial charge in [0.1, 0.15) is 0 Å². The van der Waals surface area contributed by atoms with Crippen molar-refractivity contribution in [3.05, 3.63) is 0 Å². The van der Waals surface area contributed by atoms with E-state index in [1.165, 1.54) is 6.42 Å². The van der Waals surface area contributed by atoms with E-state index in [2.05, 4.69) is 32.6 Å². The van der Waals surface area contributed by atoms with Gasteiger partial charge in [-0.1, -0.05) is 27.7 Å². The van der Waals surface area contributed by atoms with Crippen LogP contribution >= 0.6 is 0 Å². The van der Waals surface area contributed by atoms with E-state index in [-0.39, 0.29) is 17.4 Å². The van der Waals surface area contributed by atoms with Crippen LogP contribution in [0.1, 0.15) is 40.5 Å². The highest BCUT2D eigenvalue weighted by atomic mass is 16.1. The molecule has 0 saturated carbocycles. The number of nitrogens with two attached hydrogens (primary N) is 1. The van der Waals surface area contributed by atoms with Crippen LogP contribution in [-0.2, 0) is 4.79 Å². The van der Waals surface area contributed by atoms with Gasteiger partial charge >= 0.3 is 0 Å². The van der Waals surface area contributed by atoms with Crippen molar-refractivity contribution in [3.63, 3.8) is 0 Å². The average Bonchev–Trinajstić information content (AvgIpc) is 1.99. The van der Waals surface area contributed by atoms with Crippen LogP contribution in [-0.4, -0.2) is 29.9 Å². The molecule has 1 aliphatic heterocycles. The maximum Gasteiger partial charge on any atom is 0.235 e. The number of carbonyl (C=O) groups excluding carboxylic acids is 1. The molecule has 0 spiro atoms. The standard InChI is InChI=1S/C12H24N2O/c1-9-6-5-7-14(8-12(2,3)4)10(9)11(13)15/h9-10H,5-8H2,1-4H3,(H2,13,15). The SMILES string of the molecule is CC1CCCN(CC(C)(C)C)C1C(N)=O. The molecule has 0 aromatic rings. The normalized spacial score (nSPS) is 29.1. The van der Waals surface area contributed by atoms with Crippen molar-refractivity contribution >= 4 is 5.91 Å². The summed E-state index contributed by atoms with van der Waals surface area (Å²) in [6.07, 6.45) is 2.30. The van der Waals surface area contributed by atoms with Crippen molar-refractivity contribution in [3.8, 4) is 0 Å². The topological polar surface area (TPSA) is 46.3 Å². The molecule has 1 aliphatic rings. The number of hydrogen-bond donors (Lipinski definition) is 1. The highest BCUT2D eigenvalue weighted by Gasteiger charge is 2.34. The van der Waals surface area contributed by atoms with Gasteiger partial charge in [-0.25, -0.2) is 0 Å². The third-order valence-electron chi connectivity index (χ3n) is 3.01. The van der Waals surface area contributed by atoms with Crippen LogP contribution in [0.5, 0.6) is 0 Å². The molecule has 0 aromatic heterocycles. The van der Waals surface area contributed by atoms with E-state index in [9.17, 15) is 4.79 Å². The molecule has 0 radical (unpaired) electrons. The fourth-order valence-corrected chi connectivity index (χ4v) is 2.52. The van der Waals surface area contributed by atoms with E-state index in [0.717, 1.165) is 19.5 Å². The van der Waals surface area contributed by atoms with Crippen molar-refractivity contribution in [2.24, 2.45) is 17.1 Å². The van der Waals surface area contributed by atoms with Gasteiger partial charge in [-0.3, -0.25) is 9.69 Å². The third kappa shape index (κ3) is 3.49. The number of piperidine rings is 1. The summed E-state index contributed by atoms with van der Waals surface area (Å²) in [5, 5.41) is 0. The molecule has 1 heterocycles. The minimum absolute atomic E-state index is 0.0574. The fourth-order valence-electron chi connectivity index (χ4n) is 2.52. The molecule has 3 heteroatoms. The van der Waals surface area contributed by atoms with E-state index in [1.807, 2.05) is 0 Å². The number of nitrogens with zero attached hydrogens (tertiary/aromatic N) is 1. The summed E-state index contributed by atoms with van der Waals surface area (Å²) in [6.45, 7) is 10.7. The second-order valence-electron chi connectivity index (χ2n) is 6.00. The van der Waals surface area contributed by atoms with Crippen LogP contribution in [0.2, 0.25) is 0 Å². The lowest BCUT2D eigenvalue weighted by atomic mass is 9.87. The number of likely N-dealkylation sites (tertiary alicyclic amines) is 1. The highest BCUT2D eigenvalue weighted by molar-refractivity contribution is 5.80. The molecule has 0 aliphatic carbocycles. The second-order valence-corrected chi connectivity index (χ2v) is 6.00. The fraction of sp³-hybridized carbons (Fsp3) is 0.917. The Kier molecular flexibility index (Phi) is 3.77. The number of primary amides is 1. The van der Waals surface area contributed by atoms with Crippen LogP contribution in [0.25, 0.3) is 0 Å². The summed E-state index contributed by atoms with van der Waals surface area (Å²) in [7, 11) is 0. The van der Waals surface area contributed by atoms with Gasteiger partial charge in [-0.2, -0.15) is 0 Å². The quantitative estimate of drug-likeness (QED) is 0.756. The zero-order chi connectivity index (χ0) is 11.6. The van der Waals surface area contributed by atoms with Crippen molar-refractivity contribution < 1.29 is 4.79 Å². The molecule has 2 unspecified atom stereocenters. The Morgan fingerprint density at radius 2 is 2.07 bits per heavy atom. The molecule has 0 bridgehead atoms. The van der Waals surface area contributed by atoms with Crippen molar-refractivity contribution in [1.82, 2.24) is 4.90 Å². The lowest BCUT2D eigenvalue weighted by Gasteiger charge is -2.41. The molecule has 2 atom stereocenters. The summed E-state index contributed by atoms with van der Waals surface area (Å²) in [5.74, 6) is 0.241. The first kappa shape index (κ1) is 12.5. The zero-order valence-corrected chi connectivity index (χ0v) is 10.4. The predicted molar refractivity (Wildman–Crippen MR) is 62.4 cm³/mol. The number of carbonyl (C=O) groups is 1. The van der Waals surface area contributed by atoms with E-state index in [0.29, 0.717) is 5.92 Å².